The maximum absolute atomic E-state index is 12.8. The fourth-order valence-corrected chi connectivity index (χ4v) is 2.69. The van der Waals surface area contributed by atoms with Crippen LogP contribution in [0.15, 0.2) is 24.3 Å². The summed E-state index contributed by atoms with van der Waals surface area (Å²) in [6.07, 6.45) is 2.25. The van der Waals surface area contributed by atoms with Crippen molar-refractivity contribution in [3.05, 3.63) is 30.1 Å². The average Bonchev–Trinajstić information content (AvgIpc) is 2.55. The third-order valence-corrected chi connectivity index (χ3v) is 4.03. The molecule has 1 aromatic rings. The van der Waals surface area contributed by atoms with Gasteiger partial charge in [-0.15, -0.1) is 0 Å². The van der Waals surface area contributed by atoms with Gasteiger partial charge in [0, 0.05) is 45.6 Å². The van der Waals surface area contributed by atoms with Crippen molar-refractivity contribution in [3.63, 3.8) is 0 Å². The fraction of sp³-hybridized carbons (Fsp3) is 0.588. The van der Waals surface area contributed by atoms with E-state index in [1.807, 2.05) is 0 Å². The van der Waals surface area contributed by atoms with Gasteiger partial charge in [-0.1, -0.05) is 0 Å². The first-order chi connectivity index (χ1) is 11.2. The zero-order valence-corrected chi connectivity index (χ0v) is 13.8. The highest BCUT2D eigenvalue weighted by atomic mass is 19.1. The third kappa shape index (κ3) is 6.64. The Bertz CT molecular complexity index is 473. The van der Waals surface area contributed by atoms with Crippen molar-refractivity contribution < 1.29 is 13.9 Å². The highest BCUT2D eigenvalue weighted by Gasteiger charge is 2.18. The number of rotatable bonds is 8. The van der Waals surface area contributed by atoms with Gasteiger partial charge in [0.1, 0.15) is 5.82 Å². The normalized spacial score (nSPS) is 16.4. The number of carbonyl (C=O) groups excluding carboxylic acids is 1. The lowest BCUT2D eigenvalue weighted by Gasteiger charge is -2.34. The quantitative estimate of drug-likeness (QED) is 0.741. The predicted octanol–water partition coefficient (Wildman–Crippen LogP) is 1.81. The monoisotopic (exact) mass is 323 g/mol. The Hall–Kier alpha value is -1.50. The van der Waals surface area contributed by atoms with Gasteiger partial charge in [-0.3, -0.25) is 9.69 Å². The van der Waals surface area contributed by atoms with E-state index in [9.17, 15) is 9.18 Å². The smallest absolute Gasteiger partial charge is 0.238 e. The Morgan fingerprint density at radius 1 is 1.13 bits per heavy atom. The van der Waals surface area contributed by atoms with Crippen molar-refractivity contribution in [2.24, 2.45) is 0 Å². The molecule has 5 nitrogen and oxygen atoms in total. The van der Waals surface area contributed by atoms with Crippen LogP contribution in [0.2, 0.25) is 0 Å². The number of nitrogens with one attached hydrogen (secondary N) is 1. The summed E-state index contributed by atoms with van der Waals surface area (Å²) < 4.78 is 17.9. The van der Waals surface area contributed by atoms with Crippen LogP contribution in [0.25, 0.3) is 0 Å². The molecule has 0 saturated carbocycles. The number of ether oxygens (including phenoxy) is 1. The van der Waals surface area contributed by atoms with E-state index in [0.29, 0.717) is 12.2 Å². The van der Waals surface area contributed by atoms with E-state index in [4.69, 9.17) is 4.74 Å². The van der Waals surface area contributed by atoms with Crippen LogP contribution in [0.3, 0.4) is 0 Å². The van der Waals surface area contributed by atoms with Gasteiger partial charge >= 0.3 is 0 Å². The summed E-state index contributed by atoms with van der Waals surface area (Å²) in [7, 11) is 1.73. The second-order valence-electron chi connectivity index (χ2n) is 5.87. The van der Waals surface area contributed by atoms with Crippen LogP contribution >= 0.6 is 0 Å². The van der Waals surface area contributed by atoms with Crippen LogP contribution in [-0.4, -0.2) is 68.7 Å². The van der Waals surface area contributed by atoms with Crippen molar-refractivity contribution >= 4 is 11.6 Å². The molecule has 1 aliphatic heterocycles. The summed E-state index contributed by atoms with van der Waals surface area (Å²) in [5.74, 6) is -0.352. The zero-order chi connectivity index (χ0) is 16.5. The molecule has 0 spiro atoms. The molecule has 0 bridgehead atoms. The van der Waals surface area contributed by atoms with Gasteiger partial charge in [0.15, 0.2) is 0 Å². The van der Waals surface area contributed by atoms with Gasteiger partial charge in [-0.2, -0.15) is 0 Å². The Labute approximate surface area is 137 Å². The Morgan fingerprint density at radius 2 is 1.78 bits per heavy atom. The molecule has 1 N–H and O–H groups in total. The maximum Gasteiger partial charge on any atom is 0.238 e. The summed E-state index contributed by atoms with van der Waals surface area (Å²) in [4.78, 5) is 16.6. The Balaban J connectivity index is 1.63. The van der Waals surface area contributed by atoms with Crippen molar-refractivity contribution in [1.82, 2.24) is 9.80 Å². The number of hydrogen-bond donors (Lipinski definition) is 1. The largest absolute Gasteiger partial charge is 0.385 e. The van der Waals surface area contributed by atoms with Gasteiger partial charge in [-0.05, 0) is 43.7 Å². The number of halogens is 1. The molecule has 23 heavy (non-hydrogen) atoms. The SMILES string of the molecule is COCCCCN1CCN(CC(=O)Nc2ccc(F)cc2)CC1. The van der Waals surface area contributed by atoms with Gasteiger partial charge in [0.2, 0.25) is 5.91 Å². The minimum Gasteiger partial charge on any atom is -0.385 e. The van der Waals surface area contributed by atoms with E-state index in [1.54, 1.807) is 19.2 Å². The van der Waals surface area contributed by atoms with Crippen LogP contribution in [0.4, 0.5) is 10.1 Å². The molecular weight excluding hydrogens is 297 g/mol. The molecule has 1 aromatic carbocycles. The molecule has 0 aliphatic carbocycles. The average molecular weight is 323 g/mol. The minimum absolute atomic E-state index is 0.0508. The standard InChI is InChI=1S/C17H26FN3O2/c1-23-13-3-2-8-20-9-11-21(12-10-20)14-17(22)19-16-6-4-15(18)5-7-16/h4-7H,2-3,8-14H2,1H3,(H,19,22). The van der Waals surface area contributed by atoms with Crippen LogP contribution in [0, 0.1) is 5.82 Å². The topological polar surface area (TPSA) is 44.8 Å². The molecule has 0 unspecified atom stereocenters. The number of unbranched alkanes of at least 4 members (excludes halogenated alkanes) is 1. The van der Waals surface area contributed by atoms with E-state index < -0.39 is 0 Å². The van der Waals surface area contributed by atoms with E-state index in [0.717, 1.165) is 52.2 Å². The van der Waals surface area contributed by atoms with E-state index in [1.165, 1.54) is 12.1 Å². The molecule has 2 rings (SSSR count). The van der Waals surface area contributed by atoms with Gasteiger partial charge in [0.05, 0.1) is 6.54 Å². The lowest BCUT2D eigenvalue weighted by molar-refractivity contribution is -0.117. The highest BCUT2D eigenvalue weighted by molar-refractivity contribution is 5.92. The summed E-state index contributed by atoms with van der Waals surface area (Å²) in [6.45, 7) is 6.10. The van der Waals surface area contributed by atoms with Crippen LogP contribution < -0.4 is 5.32 Å². The zero-order valence-electron chi connectivity index (χ0n) is 13.8. The van der Waals surface area contributed by atoms with Crippen LogP contribution in [-0.2, 0) is 9.53 Å². The molecular formula is C17H26FN3O2. The first-order valence-corrected chi connectivity index (χ1v) is 8.16. The number of hydrogen-bond acceptors (Lipinski definition) is 4. The van der Waals surface area contributed by atoms with E-state index in [-0.39, 0.29) is 11.7 Å². The molecule has 1 saturated heterocycles. The summed E-state index contributed by atoms with van der Waals surface area (Å²) in [6, 6.07) is 5.84. The summed E-state index contributed by atoms with van der Waals surface area (Å²) in [5, 5.41) is 2.80. The number of nitrogens with zero attached hydrogens (tertiary/aromatic N) is 2. The highest BCUT2D eigenvalue weighted by Crippen LogP contribution is 2.09. The van der Waals surface area contributed by atoms with Crippen LogP contribution in [0.5, 0.6) is 0 Å². The second kappa shape index (κ2) is 9.60. The number of benzene rings is 1. The molecule has 1 fully saturated rings. The maximum atomic E-state index is 12.8. The lowest BCUT2D eigenvalue weighted by Crippen LogP contribution is -2.48. The first kappa shape index (κ1) is 17.8. The summed E-state index contributed by atoms with van der Waals surface area (Å²) in [5.41, 5.74) is 0.633. The Morgan fingerprint density at radius 3 is 2.43 bits per heavy atom. The van der Waals surface area contributed by atoms with Crippen molar-refractivity contribution in [3.8, 4) is 0 Å². The molecule has 6 heteroatoms. The molecule has 1 heterocycles. The molecule has 0 radical (unpaired) electrons. The van der Waals surface area contributed by atoms with E-state index in [2.05, 4.69) is 15.1 Å². The molecule has 1 aliphatic rings. The number of piperazine rings is 1. The predicted molar refractivity (Wildman–Crippen MR) is 89.0 cm³/mol. The first-order valence-electron chi connectivity index (χ1n) is 8.16. The molecule has 0 aromatic heterocycles. The van der Waals surface area contributed by atoms with Crippen LogP contribution in [0.1, 0.15) is 12.8 Å². The minimum atomic E-state index is -0.301. The lowest BCUT2D eigenvalue weighted by atomic mass is 10.2. The van der Waals surface area contributed by atoms with Gasteiger partial charge in [-0.25, -0.2) is 4.39 Å². The van der Waals surface area contributed by atoms with E-state index >= 15 is 0 Å². The fourth-order valence-electron chi connectivity index (χ4n) is 2.69. The van der Waals surface area contributed by atoms with Crippen molar-refractivity contribution in [1.29, 1.82) is 0 Å². The number of carbonyl (C=O) groups is 1. The molecule has 0 atom stereocenters. The van der Waals surface area contributed by atoms with Gasteiger partial charge in [0.25, 0.3) is 0 Å². The third-order valence-electron chi connectivity index (χ3n) is 4.03. The van der Waals surface area contributed by atoms with Gasteiger partial charge < -0.3 is 15.0 Å². The van der Waals surface area contributed by atoms with Crippen molar-refractivity contribution in [2.75, 3.05) is 58.3 Å². The number of amides is 1. The molecule has 128 valence electrons. The van der Waals surface area contributed by atoms with Crippen molar-refractivity contribution in [2.45, 2.75) is 12.8 Å². The molecule has 1 amide bonds. The number of methoxy groups -OCH3 is 1. The number of anilines is 1. The second-order valence-corrected chi connectivity index (χ2v) is 5.87. The summed E-state index contributed by atoms with van der Waals surface area (Å²) >= 11 is 0. The Kier molecular flexibility index (Phi) is 7.45.